The molecule has 0 bridgehead atoms. The van der Waals surface area contributed by atoms with Crippen LogP contribution in [0.3, 0.4) is 0 Å². The third-order valence-electron chi connectivity index (χ3n) is 2.97. The molecule has 20 heavy (non-hydrogen) atoms. The number of hydrogen-bond acceptors (Lipinski definition) is 2. The summed E-state index contributed by atoms with van der Waals surface area (Å²) < 4.78 is 27.4. The standard InChI is InChI=1S/C16H25F2NS/c1-4-8-19-13(11-20-10-12(2)3)9-14-15(17)6-5-7-16(14)18/h5-7,12-13,19H,4,8-11H2,1-3H3. The minimum atomic E-state index is -0.442. The average molecular weight is 301 g/mol. The van der Waals surface area contributed by atoms with E-state index in [1.807, 2.05) is 11.8 Å². The fourth-order valence-corrected chi connectivity index (χ4v) is 3.09. The molecule has 0 saturated heterocycles. The second-order valence-electron chi connectivity index (χ2n) is 5.49. The number of hydrogen-bond donors (Lipinski definition) is 1. The fraction of sp³-hybridized carbons (Fsp3) is 0.625. The van der Waals surface area contributed by atoms with Gasteiger partial charge in [-0.1, -0.05) is 26.8 Å². The topological polar surface area (TPSA) is 12.0 Å². The van der Waals surface area contributed by atoms with Gasteiger partial charge in [0.25, 0.3) is 0 Å². The maximum atomic E-state index is 13.7. The van der Waals surface area contributed by atoms with Crippen molar-refractivity contribution in [2.24, 2.45) is 5.92 Å². The molecule has 0 heterocycles. The second-order valence-corrected chi connectivity index (χ2v) is 6.56. The number of thioether (sulfide) groups is 1. The van der Waals surface area contributed by atoms with Gasteiger partial charge in [-0.2, -0.15) is 11.8 Å². The maximum Gasteiger partial charge on any atom is 0.129 e. The maximum absolute atomic E-state index is 13.7. The van der Waals surface area contributed by atoms with Gasteiger partial charge in [0.1, 0.15) is 11.6 Å². The SMILES string of the molecule is CCCNC(CSCC(C)C)Cc1c(F)cccc1F. The first-order valence-electron chi connectivity index (χ1n) is 7.28. The number of nitrogens with one attached hydrogen (secondary N) is 1. The highest BCUT2D eigenvalue weighted by Gasteiger charge is 2.15. The van der Waals surface area contributed by atoms with Crippen molar-refractivity contribution in [3.63, 3.8) is 0 Å². The molecule has 0 spiro atoms. The van der Waals surface area contributed by atoms with Gasteiger partial charge in [0.2, 0.25) is 0 Å². The lowest BCUT2D eigenvalue weighted by molar-refractivity contribution is 0.503. The monoisotopic (exact) mass is 301 g/mol. The Labute approximate surface area is 125 Å². The molecule has 1 nitrogen and oxygen atoms in total. The van der Waals surface area contributed by atoms with Gasteiger partial charge in [0.05, 0.1) is 0 Å². The predicted molar refractivity (Wildman–Crippen MR) is 84.3 cm³/mol. The van der Waals surface area contributed by atoms with E-state index in [0.717, 1.165) is 24.5 Å². The molecule has 114 valence electrons. The molecule has 0 radical (unpaired) electrons. The molecule has 0 aliphatic carbocycles. The van der Waals surface area contributed by atoms with Crippen LogP contribution >= 0.6 is 11.8 Å². The highest BCUT2D eigenvalue weighted by Crippen LogP contribution is 2.17. The van der Waals surface area contributed by atoms with Gasteiger partial charge in [0, 0.05) is 17.4 Å². The molecule has 1 aromatic carbocycles. The number of halogens is 2. The quantitative estimate of drug-likeness (QED) is 0.731. The van der Waals surface area contributed by atoms with Crippen molar-refractivity contribution in [2.45, 2.75) is 39.7 Å². The highest BCUT2D eigenvalue weighted by atomic mass is 32.2. The Hall–Kier alpha value is -0.610. The van der Waals surface area contributed by atoms with Crippen LogP contribution < -0.4 is 5.32 Å². The van der Waals surface area contributed by atoms with E-state index in [1.165, 1.54) is 18.2 Å². The van der Waals surface area contributed by atoms with Gasteiger partial charge in [-0.3, -0.25) is 0 Å². The zero-order valence-corrected chi connectivity index (χ0v) is 13.4. The van der Waals surface area contributed by atoms with E-state index in [4.69, 9.17) is 0 Å². The predicted octanol–water partition coefficient (Wildman–Crippen LogP) is 4.26. The molecule has 0 amide bonds. The summed E-state index contributed by atoms with van der Waals surface area (Å²) in [6.07, 6.45) is 1.43. The molecule has 1 N–H and O–H groups in total. The lowest BCUT2D eigenvalue weighted by atomic mass is 10.1. The first-order valence-corrected chi connectivity index (χ1v) is 8.44. The first kappa shape index (κ1) is 17.4. The second kappa shape index (κ2) is 9.35. The highest BCUT2D eigenvalue weighted by molar-refractivity contribution is 7.99. The number of benzene rings is 1. The van der Waals surface area contributed by atoms with E-state index in [1.54, 1.807) is 0 Å². The summed E-state index contributed by atoms with van der Waals surface area (Å²) in [4.78, 5) is 0. The molecule has 0 aliphatic rings. The van der Waals surface area contributed by atoms with Crippen molar-refractivity contribution >= 4 is 11.8 Å². The summed E-state index contributed by atoms with van der Waals surface area (Å²) in [5, 5.41) is 3.39. The van der Waals surface area contributed by atoms with Gasteiger partial charge in [-0.05, 0) is 43.2 Å². The van der Waals surface area contributed by atoms with Crippen LogP contribution in [-0.2, 0) is 6.42 Å². The van der Waals surface area contributed by atoms with E-state index in [2.05, 4.69) is 26.1 Å². The van der Waals surface area contributed by atoms with Gasteiger partial charge < -0.3 is 5.32 Å². The van der Waals surface area contributed by atoms with Gasteiger partial charge in [-0.15, -0.1) is 0 Å². The Morgan fingerprint density at radius 1 is 1.15 bits per heavy atom. The van der Waals surface area contributed by atoms with Crippen molar-refractivity contribution in [1.82, 2.24) is 5.32 Å². The number of rotatable bonds is 9. The van der Waals surface area contributed by atoms with Crippen molar-refractivity contribution in [3.8, 4) is 0 Å². The minimum absolute atomic E-state index is 0.116. The van der Waals surface area contributed by atoms with Crippen molar-refractivity contribution in [2.75, 3.05) is 18.1 Å². The average Bonchev–Trinajstić information content (AvgIpc) is 2.39. The minimum Gasteiger partial charge on any atom is -0.313 e. The largest absolute Gasteiger partial charge is 0.313 e. The van der Waals surface area contributed by atoms with Crippen molar-refractivity contribution < 1.29 is 8.78 Å². The van der Waals surface area contributed by atoms with Crippen molar-refractivity contribution in [3.05, 3.63) is 35.4 Å². The van der Waals surface area contributed by atoms with Gasteiger partial charge in [-0.25, -0.2) is 8.78 Å². The third-order valence-corrected chi connectivity index (χ3v) is 4.51. The molecule has 1 rings (SSSR count). The smallest absolute Gasteiger partial charge is 0.129 e. The molecule has 1 unspecified atom stereocenters. The molecule has 1 aromatic rings. The van der Waals surface area contributed by atoms with E-state index in [9.17, 15) is 8.78 Å². The summed E-state index contributed by atoms with van der Waals surface area (Å²) in [5.74, 6) is 1.71. The fourth-order valence-electron chi connectivity index (χ4n) is 1.96. The van der Waals surface area contributed by atoms with Crippen LogP contribution in [0.25, 0.3) is 0 Å². The Kier molecular flexibility index (Phi) is 8.15. The molecular formula is C16H25F2NS. The Morgan fingerprint density at radius 2 is 1.80 bits per heavy atom. The zero-order valence-electron chi connectivity index (χ0n) is 12.6. The van der Waals surface area contributed by atoms with Gasteiger partial charge >= 0.3 is 0 Å². The molecule has 0 aromatic heterocycles. The Morgan fingerprint density at radius 3 is 2.35 bits per heavy atom. The summed E-state index contributed by atoms with van der Waals surface area (Å²) in [5.41, 5.74) is 0.200. The molecule has 0 fully saturated rings. The van der Waals surface area contributed by atoms with Crippen LogP contribution in [0.15, 0.2) is 18.2 Å². The molecule has 0 saturated carbocycles. The first-order chi connectivity index (χ1) is 9.54. The van der Waals surface area contributed by atoms with Crippen LogP contribution in [-0.4, -0.2) is 24.1 Å². The summed E-state index contributed by atoms with van der Waals surface area (Å²) in [6.45, 7) is 7.33. The third kappa shape index (κ3) is 6.23. The lowest BCUT2D eigenvalue weighted by Gasteiger charge is -2.19. The van der Waals surface area contributed by atoms with E-state index >= 15 is 0 Å². The molecule has 0 aliphatic heterocycles. The van der Waals surface area contributed by atoms with Crippen LogP contribution in [0.4, 0.5) is 8.78 Å². The van der Waals surface area contributed by atoms with Crippen molar-refractivity contribution in [1.29, 1.82) is 0 Å². The summed E-state index contributed by atoms with van der Waals surface area (Å²) >= 11 is 1.84. The van der Waals surface area contributed by atoms with Crippen LogP contribution in [0.2, 0.25) is 0 Å². The van der Waals surface area contributed by atoms with Crippen LogP contribution in [0, 0.1) is 17.6 Å². The van der Waals surface area contributed by atoms with E-state index < -0.39 is 11.6 Å². The molecule has 4 heteroatoms. The van der Waals surface area contributed by atoms with E-state index in [-0.39, 0.29) is 11.6 Å². The van der Waals surface area contributed by atoms with Gasteiger partial charge in [0.15, 0.2) is 0 Å². The zero-order chi connectivity index (χ0) is 15.0. The summed E-state index contributed by atoms with van der Waals surface area (Å²) in [7, 11) is 0. The lowest BCUT2D eigenvalue weighted by Crippen LogP contribution is -2.34. The Bertz CT molecular complexity index is 376. The molecule has 1 atom stereocenters. The normalized spacial score (nSPS) is 12.9. The Balaban J connectivity index is 2.63. The van der Waals surface area contributed by atoms with E-state index in [0.29, 0.717) is 12.3 Å². The molecular weight excluding hydrogens is 276 g/mol. The van der Waals surface area contributed by atoms with Crippen LogP contribution in [0.5, 0.6) is 0 Å². The van der Waals surface area contributed by atoms with Crippen LogP contribution in [0.1, 0.15) is 32.8 Å². The summed E-state index contributed by atoms with van der Waals surface area (Å²) in [6, 6.07) is 4.19.